The molecule has 0 atom stereocenters. The van der Waals surface area contributed by atoms with Gasteiger partial charge in [-0.15, -0.1) is 0 Å². The van der Waals surface area contributed by atoms with Crippen molar-refractivity contribution in [1.29, 1.82) is 0 Å². The fraction of sp³-hybridized carbons (Fsp3) is 0.700. The van der Waals surface area contributed by atoms with Gasteiger partial charge in [-0.3, -0.25) is 0 Å². The Hall–Kier alpha value is -0.786. The van der Waals surface area contributed by atoms with Gasteiger partial charge in [-0.1, -0.05) is 47.6 Å². The molecule has 1 rings (SSSR count). The minimum atomic E-state index is -1.89. The van der Waals surface area contributed by atoms with Gasteiger partial charge < -0.3 is 13.6 Å². The van der Waals surface area contributed by atoms with Gasteiger partial charge in [0.25, 0.3) is 8.32 Å². The molecule has 0 aliphatic heterocycles. The largest absolute Gasteiger partial charge is 0.541 e. The topological polar surface area (TPSA) is 27.7 Å². The molecule has 0 aliphatic rings. The number of hydrogen-bond acceptors (Lipinski definition) is 3. The van der Waals surface area contributed by atoms with Crippen LogP contribution in [0.2, 0.25) is 36.3 Å². The molecule has 0 spiro atoms. The molecule has 1 aromatic carbocycles. The summed E-state index contributed by atoms with van der Waals surface area (Å²) >= 11 is 0. The molecule has 0 saturated heterocycles. The molecule has 144 valence electrons. The lowest BCUT2D eigenvalue weighted by Gasteiger charge is -2.37. The Morgan fingerprint density at radius 2 is 1.32 bits per heavy atom. The minimum absolute atomic E-state index is 0.155. The SMILES string of the molecule is COc1cc(CO[Si](C)(C)C(C)(C)C)ccc1O[Si](C)(C)C(C)(C)C. The first-order chi connectivity index (χ1) is 11.1. The van der Waals surface area contributed by atoms with Crippen molar-refractivity contribution in [2.75, 3.05) is 7.11 Å². The van der Waals surface area contributed by atoms with Crippen molar-refractivity contribution in [3.05, 3.63) is 23.8 Å². The highest BCUT2D eigenvalue weighted by atomic mass is 28.4. The maximum absolute atomic E-state index is 6.42. The predicted octanol–water partition coefficient (Wildman–Crippen LogP) is 6.60. The van der Waals surface area contributed by atoms with E-state index in [0.717, 1.165) is 17.1 Å². The summed E-state index contributed by atoms with van der Waals surface area (Å²) in [5, 5.41) is 0.366. The summed E-state index contributed by atoms with van der Waals surface area (Å²) < 4.78 is 18.3. The average Bonchev–Trinajstić information content (AvgIpc) is 2.43. The van der Waals surface area contributed by atoms with E-state index in [1.165, 1.54) is 0 Å². The van der Waals surface area contributed by atoms with Crippen LogP contribution in [-0.2, 0) is 11.0 Å². The molecule has 0 saturated carbocycles. The van der Waals surface area contributed by atoms with Crippen LogP contribution in [-0.4, -0.2) is 23.7 Å². The van der Waals surface area contributed by atoms with Crippen molar-refractivity contribution in [1.82, 2.24) is 0 Å². The summed E-state index contributed by atoms with van der Waals surface area (Å²) in [6.07, 6.45) is 0. The van der Waals surface area contributed by atoms with Crippen LogP contribution in [0.25, 0.3) is 0 Å². The molecular formula is C20H38O3Si2. The van der Waals surface area contributed by atoms with Gasteiger partial charge in [-0.25, -0.2) is 0 Å². The highest BCUT2D eigenvalue weighted by Crippen LogP contribution is 2.41. The number of benzene rings is 1. The second kappa shape index (κ2) is 7.45. The molecule has 0 bridgehead atoms. The predicted molar refractivity (Wildman–Crippen MR) is 113 cm³/mol. The van der Waals surface area contributed by atoms with Gasteiger partial charge in [0.15, 0.2) is 14.1 Å². The second-order valence-electron chi connectivity index (χ2n) is 9.90. The molecule has 0 aromatic heterocycles. The Morgan fingerprint density at radius 3 is 1.76 bits per heavy atom. The molecular weight excluding hydrogens is 344 g/mol. The molecule has 25 heavy (non-hydrogen) atoms. The second-order valence-corrected chi connectivity index (χ2v) is 19.4. The third-order valence-corrected chi connectivity index (χ3v) is 14.6. The lowest BCUT2D eigenvalue weighted by molar-refractivity contribution is 0.275. The zero-order valence-electron chi connectivity index (χ0n) is 18.2. The van der Waals surface area contributed by atoms with Crippen LogP contribution in [0.1, 0.15) is 47.1 Å². The fourth-order valence-corrected chi connectivity index (χ4v) is 3.78. The Morgan fingerprint density at radius 1 is 0.800 bits per heavy atom. The Kier molecular flexibility index (Phi) is 6.63. The molecule has 1 aromatic rings. The monoisotopic (exact) mass is 382 g/mol. The maximum Gasteiger partial charge on any atom is 0.250 e. The van der Waals surface area contributed by atoms with E-state index in [0.29, 0.717) is 6.61 Å². The first kappa shape index (κ1) is 22.3. The van der Waals surface area contributed by atoms with Gasteiger partial charge in [0.05, 0.1) is 13.7 Å². The van der Waals surface area contributed by atoms with Crippen LogP contribution >= 0.6 is 0 Å². The number of rotatable bonds is 6. The molecule has 3 nitrogen and oxygen atoms in total. The smallest absolute Gasteiger partial charge is 0.250 e. The number of methoxy groups -OCH3 is 1. The quantitative estimate of drug-likeness (QED) is 0.519. The minimum Gasteiger partial charge on any atom is -0.541 e. The van der Waals surface area contributed by atoms with Gasteiger partial charge in [0.2, 0.25) is 0 Å². The third kappa shape index (κ3) is 5.59. The first-order valence-corrected chi connectivity index (χ1v) is 14.9. The van der Waals surface area contributed by atoms with E-state index >= 15 is 0 Å². The molecule has 0 aliphatic carbocycles. The molecule has 0 heterocycles. The molecule has 0 amide bonds. The Labute approximate surface area is 157 Å². The zero-order valence-corrected chi connectivity index (χ0v) is 20.2. The van der Waals surface area contributed by atoms with Gasteiger partial charge >= 0.3 is 0 Å². The summed E-state index contributed by atoms with van der Waals surface area (Å²) in [6, 6.07) is 6.18. The summed E-state index contributed by atoms with van der Waals surface area (Å²) in [6.45, 7) is 23.2. The lowest BCUT2D eigenvalue weighted by atomic mass is 10.2. The van der Waals surface area contributed by atoms with Crippen LogP contribution in [0, 0.1) is 0 Å². The summed E-state index contributed by atoms with van der Waals surface area (Å²) in [5.41, 5.74) is 1.13. The Bertz CT molecular complexity index is 582. The summed E-state index contributed by atoms with van der Waals surface area (Å²) in [5.74, 6) is 1.63. The number of hydrogen-bond donors (Lipinski definition) is 0. The van der Waals surface area contributed by atoms with Crippen LogP contribution < -0.4 is 9.16 Å². The van der Waals surface area contributed by atoms with E-state index in [1.54, 1.807) is 7.11 Å². The summed E-state index contributed by atoms with van der Waals surface area (Å²) in [7, 11) is -1.94. The standard InChI is InChI=1S/C20H38O3Si2/c1-19(2,3)24(8,9)22-15-16-12-13-17(18(14-16)21-7)23-25(10,11)20(4,5)6/h12-14H,15H2,1-11H3. The highest BCUT2D eigenvalue weighted by molar-refractivity contribution is 6.75. The van der Waals surface area contributed by atoms with Crippen LogP contribution in [0.3, 0.4) is 0 Å². The van der Waals surface area contributed by atoms with E-state index in [1.807, 2.05) is 6.07 Å². The van der Waals surface area contributed by atoms with Gasteiger partial charge in [0.1, 0.15) is 5.75 Å². The van der Waals surface area contributed by atoms with E-state index in [4.69, 9.17) is 13.6 Å². The Balaban J connectivity index is 2.96. The maximum atomic E-state index is 6.42. The van der Waals surface area contributed by atoms with Crippen molar-refractivity contribution in [2.24, 2.45) is 0 Å². The zero-order chi connectivity index (χ0) is 19.7. The van der Waals surface area contributed by atoms with E-state index < -0.39 is 16.6 Å². The van der Waals surface area contributed by atoms with Crippen molar-refractivity contribution in [3.8, 4) is 11.5 Å². The van der Waals surface area contributed by atoms with Crippen LogP contribution in [0.15, 0.2) is 18.2 Å². The summed E-state index contributed by atoms with van der Waals surface area (Å²) in [4.78, 5) is 0. The first-order valence-electron chi connectivity index (χ1n) is 9.11. The third-order valence-electron chi connectivity index (χ3n) is 5.81. The molecule has 0 radical (unpaired) electrons. The molecule has 0 fully saturated rings. The van der Waals surface area contributed by atoms with Crippen molar-refractivity contribution >= 4 is 16.6 Å². The van der Waals surface area contributed by atoms with Crippen molar-refractivity contribution in [3.63, 3.8) is 0 Å². The lowest BCUT2D eigenvalue weighted by Crippen LogP contribution is -2.43. The van der Waals surface area contributed by atoms with Crippen LogP contribution in [0.4, 0.5) is 0 Å². The van der Waals surface area contributed by atoms with E-state index in [9.17, 15) is 0 Å². The molecule has 0 N–H and O–H groups in total. The average molecular weight is 383 g/mol. The van der Waals surface area contributed by atoms with Gasteiger partial charge in [-0.2, -0.15) is 0 Å². The van der Waals surface area contributed by atoms with E-state index in [2.05, 4.69) is 79.9 Å². The van der Waals surface area contributed by atoms with Crippen molar-refractivity contribution in [2.45, 2.75) is 84.4 Å². The fourth-order valence-electron chi connectivity index (χ4n) is 1.79. The molecule has 5 heteroatoms. The van der Waals surface area contributed by atoms with Crippen LogP contribution in [0.5, 0.6) is 11.5 Å². The van der Waals surface area contributed by atoms with Gasteiger partial charge in [0, 0.05) is 0 Å². The highest BCUT2D eigenvalue weighted by Gasteiger charge is 2.40. The van der Waals surface area contributed by atoms with E-state index in [-0.39, 0.29) is 10.1 Å². The normalized spacial score (nSPS) is 13.7. The molecule has 0 unspecified atom stereocenters. The van der Waals surface area contributed by atoms with Crippen molar-refractivity contribution < 1.29 is 13.6 Å². The van der Waals surface area contributed by atoms with Gasteiger partial charge in [-0.05, 0) is 54.0 Å². The number of ether oxygens (including phenoxy) is 1.